The Morgan fingerprint density at radius 2 is 2.42 bits per heavy atom. The number of aromatic nitrogens is 2. The van der Waals surface area contributed by atoms with Gasteiger partial charge in [-0.15, -0.1) is 0 Å². The van der Waals surface area contributed by atoms with Gasteiger partial charge in [-0.3, -0.25) is 4.68 Å². The molecule has 108 valence electrons. The summed E-state index contributed by atoms with van der Waals surface area (Å²) in [7, 11) is 3.58. The van der Waals surface area contributed by atoms with Gasteiger partial charge in [-0.2, -0.15) is 5.10 Å². The first kappa shape index (κ1) is 14.3. The van der Waals surface area contributed by atoms with Gasteiger partial charge in [0, 0.05) is 7.05 Å². The molecule has 0 aliphatic carbocycles. The Kier molecular flexibility index (Phi) is 5.18. The minimum Gasteiger partial charge on any atom is -0.493 e. The minimum absolute atomic E-state index is 0.00963. The topological polar surface area (TPSA) is 57.5 Å². The van der Waals surface area contributed by atoms with Gasteiger partial charge in [0.1, 0.15) is 6.10 Å². The van der Waals surface area contributed by atoms with E-state index >= 15 is 0 Å². The molecule has 0 radical (unpaired) electrons. The lowest BCUT2D eigenvalue weighted by Gasteiger charge is -2.31. The molecule has 19 heavy (non-hydrogen) atoms. The predicted octanol–water partition coefficient (Wildman–Crippen LogP) is 0.885. The van der Waals surface area contributed by atoms with Crippen molar-refractivity contribution < 1.29 is 14.2 Å². The van der Waals surface area contributed by atoms with Crippen molar-refractivity contribution in [2.75, 3.05) is 33.5 Å². The second-order valence-corrected chi connectivity index (χ2v) is 4.64. The lowest BCUT2D eigenvalue weighted by molar-refractivity contribution is -0.103. The molecule has 1 aliphatic rings. The summed E-state index contributed by atoms with van der Waals surface area (Å²) in [6.45, 7) is 4.95. The van der Waals surface area contributed by atoms with Crippen molar-refractivity contribution in [1.82, 2.24) is 15.1 Å². The van der Waals surface area contributed by atoms with Crippen LogP contribution in [0.5, 0.6) is 5.75 Å². The number of ether oxygens (including phenoxy) is 3. The summed E-state index contributed by atoms with van der Waals surface area (Å²) in [6, 6.07) is 0.0303. The van der Waals surface area contributed by atoms with Gasteiger partial charge >= 0.3 is 0 Å². The Morgan fingerprint density at radius 1 is 1.58 bits per heavy atom. The van der Waals surface area contributed by atoms with Crippen LogP contribution in [0.1, 0.15) is 25.1 Å². The Morgan fingerprint density at radius 3 is 3.05 bits per heavy atom. The van der Waals surface area contributed by atoms with E-state index in [-0.39, 0.29) is 12.1 Å². The lowest BCUT2D eigenvalue weighted by atomic mass is 10.1. The molecule has 6 nitrogen and oxygen atoms in total. The molecule has 6 heteroatoms. The number of nitrogens with one attached hydrogen (secondary N) is 1. The van der Waals surface area contributed by atoms with E-state index in [0.29, 0.717) is 19.8 Å². The van der Waals surface area contributed by atoms with E-state index in [2.05, 4.69) is 17.3 Å². The van der Waals surface area contributed by atoms with Gasteiger partial charge in [-0.05, 0) is 13.0 Å². The van der Waals surface area contributed by atoms with Crippen LogP contribution >= 0.6 is 0 Å². The SMILES string of the molecule is CCCNC(c1c(OC)cnn1C)C1COCCO1. The van der Waals surface area contributed by atoms with Crippen LogP contribution in [0, 0.1) is 0 Å². The molecule has 2 unspecified atom stereocenters. The third kappa shape index (κ3) is 3.26. The quantitative estimate of drug-likeness (QED) is 0.831. The highest BCUT2D eigenvalue weighted by Crippen LogP contribution is 2.29. The normalized spacial score (nSPS) is 21.3. The fraction of sp³-hybridized carbons (Fsp3) is 0.769. The average molecular weight is 269 g/mol. The maximum absolute atomic E-state index is 5.83. The van der Waals surface area contributed by atoms with Crippen LogP contribution < -0.4 is 10.1 Å². The molecule has 0 saturated carbocycles. The molecule has 1 saturated heterocycles. The van der Waals surface area contributed by atoms with E-state index < -0.39 is 0 Å². The molecule has 1 aromatic heterocycles. The molecule has 0 aromatic carbocycles. The summed E-state index contributed by atoms with van der Waals surface area (Å²) >= 11 is 0. The number of rotatable bonds is 6. The van der Waals surface area contributed by atoms with Crippen molar-refractivity contribution in [3.63, 3.8) is 0 Å². The summed E-state index contributed by atoms with van der Waals surface area (Å²) in [4.78, 5) is 0. The minimum atomic E-state index is -0.00963. The molecule has 2 atom stereocenters. The number of hydrogen-bond acceptors (Lipinski definition) is 5. The van der Waals surface area contributed by atoms with Crippen LogP contribution in [0.25, 0.3) is 0 Å². The first-order chi connectivity index (χ1) is 9.27. The highest BCUT2D eigenvalue weighted by molar-refractivity contribution is 5.29. The Balaban J connectivity index is 2.22. The van der Waals surface area contributed by atoms with Crippen molar-refractivity contribution in [3.8, 4) is 5.75 Å². The summed E-state index contributed by atoms with van der Waals surface area (Å²) in [5, 5.41) is 7.78. The van der Waals surface area contributed by atoms with Crippen molar-refractivity contribution in [3.05, 3.63) is 11.9 Å². The average Bonchev–Trinajstić information content (AvgIpc) is 2.82. The molecule has 1 aliphatic heterocycles. The molecule has 1 aromatic rings. The predicted molar refractivity (Wildman–Crippen MR) is 71.4 cm³/mol. The van der Waals surface area contributed by atoms with Crippen LogP contribution in [0.2, 0.25) is 0 Å². The zero-order chi connectivity index (χ0) is 13.7. The van der Waals surface area contributed by atoms with Gasteiger partial charge in [-0.25, -0.2) is 0 Å². The monoisotopic (exact) mass is 269 g/mol. The third-order valence-corrected chi connectivity index (χ3v) is 3.29. The fourth-order valence-corrected chi connectivity index (χ4v) is 2.34. The second kappa shape index (κ2) is 6.88. The molecule has 2 rings (SSSR count). The molecular formula is C13H23N3O3. The number of aryl methyl sites for hydroxylation is 1. The van der Waals surface area contributed by atoms with Gasteiger partial charge in [0.25, 0.3) is 0 Å². The van der Waals surface area contributed by atoms with Gasteiger partial charge in [-0.1, -0.05) is 6.92 Å². The molecule has 1 fully saturated rings. The summed E-state index contributed by atoms with van der Waals surface area (Å²) < 4.78 is 18.6. The van der Waals surface area contributed by atoms with Crippen molar-refractivity contribution >= 4 is 0 Å². The molecule has 1 N–H and O–H groups in total. The molecule has 0 spiro atoms. The van der Waals surface area contributed by atoms with Crippen molar-refractivity contribution in [2.45, 2.75) is 25.5 Å². The van der Waals surface area contributed by atoms with E-state index in [1.807, 2.05) is 11.7 Å². The zero-order valence-corrected chi connectivity index (χ0v) is 11.9. The summed E-state index contributed by atoms with van der Waals surface area (Å²) in [5.74, 6) is 0.783. The van der Waals surface area contributed by atoms with Gasteiger partial charge in [0.05, 0.1) is 44.9 Å². The van der Waals surface area contributed by atoms with E-state index in [4.69, 9.17) is 14.2 Å². The van der Waals surface area contributed by atoms with Crippen LogP contribution in [-0.2, 0) is 16.5 Å². The fourth-order valence-electron chi connectivity index (χ4n) is 2.34. The third-order valence-electron chi connectivity index (χ3n) is 3.29. The van der Waals surface area contributed by atoms with Crippen LogP contribution in [0.4, 0.5) is 0 Å². The van der Waals surface area contributed by atoms with E-state index in [9.17, 15) is 0 Å². The van der Waals surface area contributed by atoms with Crippen LogP contribution in [-0.4, -0.2) is 49.4 Å². The summed E-state index contributed by atoms with van der Waals surface area (Å²) in [5.41, 5.74) is 1.01. The summed E-state index contributed by atoms with van der Waals surface area (Å²) in [6.07, 6.45) is 2.79. The number of hydrogen-bond donors (Lipinski definition) is 1. The first-order valence-electron chi connectivity index (χ1n) is 6.76. The van der Waals surface area contributed by atoms with Gasteiger partial charge in [0.2, 0.25) is 0 Å². The van der Waals surface area contributed by atoms with Crippen molar-refractivity contribution in [2.24, 2.45) is 7.05 Å². The van der Waals surface area contributed by atoms with Crippen LogP contribution in [0.3, 0.4) is 0 Å². The molecule has 0 amide bonds. The van der Waals surface area contributed by atoms with Crippen LogP contribution in [0.15, 0.2) is 6.20 Å². The van der Waals surface area contributed by atoms with Gasteiger partial charge < -0.3 is 19.5 Å². The highest BCUT2D eigenvalue weighted by atomic mass is 16.6. The lowest BCUT2D eigenvalue weighted by Crippen LogP contribution is -2.41. The van der Waals surface area contributed by atoms with E-state index in [0.717, 1.165) is 24.4 Å². The van der Waals surface area contributed by atoms with E-state index in [1.165, 1.54) is 0 Å². The number of methoxy groups -OCH3 is 1. The largest absolute Gasteiger partial charge is 0.493 e. The Labute approximate surface area is 114 Å². The molecule has 0 bridgehead atoms. The zero-order valence-electron chi connectivity index (χ0n) is 11.9. The first-order valence-corrected chi connectivity index (χ1v) is 6.76. The van der Waals surface area contributed by atoms with Gasteiger partial charge in [0.15, 0.2) is 5.75 Å². The smallest absolute Gasteiger partial charge is 0.161 e. The maximum Gasteiger partial charge on any atom is 0.161 e. The molecular weight excluding hydrogens is 246 g/mol. The molecule has 2 heterocycles. The van der Waals surface area contributed by atoms with E-state index in [1.54, 1.807) is 13.3 Å². The Hall–Kier alpha value is -1.11. The second-order valence-electron chi connectivity index (χ2n) is 4.64. The standard InChI is InChI=1S/C13H23N3O3/c1-4-5-14-12(11-9-18-6-7-19-11)13-10(17-3)8-15-16(13)2/h8,11-12,14H,4-7,9H2,1-3H3. The van der Waals surface area contributed by atoms with Crippen molar-refractivity contribution in [1.29, 1.82) is 0 Å². The number of nitrogens with zero attached hydrogens (tertiary/aromatic N) is 2. The Bertz CT molecular complexity index is 388. The highest BCUT2D eigenvalue weighted by Gasteiger charge is 2.31. The maximum atomic E-state index is 5.83.